The van der Waals surface area contributed by atoms with Crippen LogP contribution in [-0.4, -0.2) is 5.72 Å². The summed E-state index contributed by atoms with van der Waals surface area (Å²) in [6, 6.07) is 0. The van der Waals surface area contributed by atoms with Crippen molar-refractivity contribution < 1.29 is 4.84 Å². The smallest absolute Gasteiger partial charge is 0.161 e. The van der Waals surface area contributed by atoms with Gasteiger partial charge in [0.2, 0.25) is 0 Å². The van der Waals surface area contributed by atoms with Gasteiger partial charge in [-0.2, -0.15) is 5.48 Å². The van der Waals surface area contributed by atoms with Crippen molar-refractivity contribution in [2.45, 2.75) is 45.3 Å². The van der Waals surface area contributed by atoms with Crippen molar-refractivity contribution in [3.05, 3.63) is 0 Å². The molecule has 2 nitrogen and oxygen atoms in total. The van der Waals surface area contributed by atoms with Crippen LogP contribution in [0.4, 0.5) is 0 Å². The Hall–Kier alpha value is -0.0800. The lowest BCUT2D eigenvalue weighted by molar-refractivity contribution is 0.263. The van der Waals surface area contributed by atoms with E-state index in [9.17, 15) is 0 Å². The van der Waals surface area contributed by atoms with Gasteiger partial charge in [-0.15, -0.1) is 0 Å². The van der Waals surface area contributed by atoms with Crippen molar-refractivity contribution >= 4 is 0 Å². The molecule has 0 radical (unpaired) electrons. The monoisotopic (exact) mass is 129 g/mol. The molecule has 1 saturated heterocycles. The van der Waals surface area contributed by atoms with Gasteiger partial charge in [0.05, 0.1) is 0 Å². The van der Waals surface area contributed by atoms with Gasteiger partial charge in [-0.1, -0.05) is 26.7 Å². The number of hydrogen-bond acceptors (Lipinski definition) is 2. The quantitative estimate of drug-likeness (QED) is 0.587. The summed E-state index contributed by atoms with van der Waals surface area (Å²) in [5, 5.41) is 0. The van der Waals surface area contributed by atoms with E-state index in [0.29, 0.717) is 0 Å². The fraction of sp³-hybridized carbons (Fsp3) is 1.00. The molecule has 1 rings (SSSR count). The first-order valence-electron chi connectivity index (χ1n) is 3.78. The van der Waals surface area contributed by atoms with E-state index >= 15 is 0 Å². The topological polar surface area (TPSA) is 34.5 Å². The lowest BCUT2D eigenvalue weighted by atomic mass is 10.1. The molecule has 9 heavy (non-hydrogen) atoms. The Balaban J connectivity index is 2.17. The average molecular weight is 129 g/mol. The fourth-order valence-corrected chi connectivity index (χ4v) is 1.21. The highest BCUT2D eigenvalue weighted by Crippen LogP contribution is 2.30. The zero-order valence-electron chi connectivity index (χ0n) is 6.24. The first-order chi connectivity index (χ1) is 4.33. The van der Waals surface area contributed by atoms with Gasteiger partial charge in [0.15, 0.2) is 5.72 Å². The lowest BCUT2D eigenvalue weighted by Gasteiger charge is -2.03. The molecule has 0 aromatic heterocycles. The van der Waals surface area contributed by atoms with Crippen molar-refractivity contribution in [1.29, 1.82) is 0 Å². The summed E-state index contributed by atoms with van der Waals surface area (Å²) >= 11 is 0. The van der Waals surface area contributed by atoms with E-state index in [2.05, 4.69) is 19.3 Å². The zero-order valence-corrected chi connectivity index (χ0v) is 6.24. The van der Waals surface area contributed by atoms with Crippen LogP contribution >= 0.6 is 0 Å². The molecule has 0 spiro atoms. The molecule has 0 unspecified atom stereocenters. The van der Waals surface area contributed by atoms with Gasteiger partial charge in [0.25, 0.3) is 0 Å². The van der Waals surface area contributed by atoms with Crippen LogP contribution in [0, 0.1) is 0 Å². The molecule has 1 aliphatic heterocycles. The van der Waals surface area contributed by atoms with Crippen LogP contribution in [0.1, 0.15) is 39.5 Å². The van der Waals surface area contributed by atoms with Gasteiger partial charge < -0.3 is 0 Å². The number of nitrogens with one attached hydrogen (secondary N) is 1. The summed E-state index contributed by atoms with van der Waals surface area (Å²) in [7, 11) is 0. The van der Waals surface area contributed by atoms with Crippen molar-refractivity contribution in [2.75, 3.05) is 0 Å². The molecule has 1 heterocycles. The minimum absolute atomic E-state index is 0.101. The van der Waals surface area contributed by atoms with Crippen LogP contribution in [0.2, 0.25) is 0 Å². The highest BCUT2D eigenvalue weighted by Gasteiger charge is 2.42. The molecule has 1 fully saturated rings. The van der Waals surface area contributed by atoms with Gasteiger partial charge in [-0.3, -0.25) is 4.84 Å². The third-order valence-corrected chi connectivity index (χ3v) is 1.70. The SMILES string of the molecule is CCCC1(CCC)NO1. The van der Waals surface area contributed by atoms with Crippen molar-refractivity contribution in [2.24, 2.45) is 0 Å². The number of hydrogen-bond donors (Lipinski definition) is 1. The third-order valence-electron chi connectivity index (χ3n) is 1.70. The molecule has 0 saturated carbocycles. The molecule has 0 aromatic carbocycles. The Morgan fingerprint density at radius 1 is 1.22 bits per heavy atom. The molecule has 1 N–H and O–H groups in total. The molecule has 1 aliphatic rings. The molecule has 2 heteroatoms. The number of hydroxylamine groups is 1. The normalized spacial score (nSPS) is 22.0. The molecule has 0 atom stereocenters. The summed E-state index contributed by atoms with van der Waals surface area (Å²) in [6.07, 6.45) is 4.71. The Morgan fingerprint density at radius 2 is 1.67 bits per heavy atom. The van der Waals surface area contributed by atoms with Crippen LogP contribution in [0.25, 0.3) is 0 Å². The van der Waals surface area contributed by atoms with Crippen LogP contribution in [0.3, 0.4) is 0 Å². The second-order valence-corrected chi connectivity index (χ2v) is 2.70. The molecule has 0 aliphatic carbocycles. The Bertz CT molecular complexity index is 80.9. The predicted molar refractivity (Wildman–Crippen MR) is 36.8 cm³/mol. The van der Waals surface area contributed by atoms with Crippen LogP contribution in [0.15, 0.2) is 0 Å². The van der Waals surface area contributed by atoms with E-state index in [0.717, 1.165) is 12.8 Å². The summed E-state index contributed by atoms with van der Waals surface area (Å²) in [5.41, 5.74) is 3.05. The highest BCUT2D eigenvalue weighted by molar-refractivity contribution is 4.81. The van der Waals surface area contributed by atoms with Crippen LogP contribution in [-0.2, 0) is 4.84 Å². The Labute approximate surface area is 56.5 Å². The van der Waals surface area contributed by atoms with Gasteiger partial charge in [0.1, 0.15) is 0 Å². The van der Waals surface area contributed by atoms with E-state index in [1.165, 1.54) is 12.8 Å². The van der Waals surface area contributed by atoms with Gasteiger partial charge in [-0.05, 0) is 12.8 Å². The molecule has 0 bridgehead atoms. The van der Waals surface area contributed by atoms with Crippen LogP contribution in [0.5, 0.6) is 0 Å². The maximum atomic E-state index is 5.13. The zero-order chi connectivity index (χ0) is 6.74. The molecule has 54 valence electrons. The molecule has 0 aromatic rings. The van der Waals surface area contributed by atoms with E-state index in [1.807, 2.05) is 0 Å². The summed E-state index contributed by atoms with van der Waals surface area (Å²) in [5.74, 6) is 0. The Kier molecular flexibility index (Phi) is 2.09. The minimum atomic E-state index is 0.101. The van der Waals surface area contributed by atoms with E-state index in [1.54, 1.807) is 0 Å². The predicted octanol–water partition coefficient (Wildman–Crippen LogP) is 1.82. The standard InChI is InChI=1S/C7H15NO/c1-3-5-7(6-4-2)8-9-7/h8H,3-6H2,1-2H3. The van der Waals surface area contributed by atoms with Crippen molar-refractivity contribution in [1.82, 2.24) is 5.48 Å². The molecule has 0 amide bonds. The highest BCUT2D eigenvalue weighted by atomic mass is 16.8. The van der Waals surface area contributed by atoms with Gasteiger partial charge in [0, 0.05) is 0 Å². The third kappa shape index (κ3) is 1.66. The first-order valence-corrected chi connectivity index (χ1v) is 3.78. The first kappa shape index (κ1) is 7.03. The lowest BCUT2D eigenvalue weighted by Crippen LogP contribution is -2.13. The van der Waals surface area contributed by atoms with Crippen molar-refractivity contribution in [3.63, 3.8) is 0 Å². The Morgan fingerprint density at radius 3 is 1.89 bits per heavy atom. The maximum absolute atomic E-state index is 5.13. The maximum Gasteiger partial charge on any atom is 0.161 e. The average Bonchev–Trinajstić information content (AvgIpc) is 2.51. The summed E-state index contributed by atoms with van der Waals surface area (Å²) in [4.78, 5) is 5.13. The van der Waals surface area contributed by atoms with E-state index in [-0.39, 0.29) is 5.72 Å². The van der Waals surface area contributed by atoms with E-state index in [4.69, 9.17) is 4.84 Å². The van der Waals surface area contributed by atoms with E-state index < -0.39 is 0 Å². The summed E-state index contributed by atoms with van der Waals surface area (Å²) in [6.45, 7) is 4.36. The molecular weight excluding hydrogens is 114 g/mol. The second kappa shape index (κ2) is 2.67. The molecular formula is C7H15NO. The summed E-state index contributed by atoms with van der Waals surface area (Å²) < 4.78 is 0. The van der Waals surface area contributed by atoms with Crippen molar-refractivity contribution in [3.8, 4) is 0 Å². The fourth-order valence-electron chi connectivity index (χ4n) is 1.21. The van der Waals surface area contributed by atoms with Gasteiger partial charge in [-0.25, -0.2) is 0 Å². The largest absolute Gasteiger partial charge is 0.275 e. The van der Waals surface area contributed by atoms with Crippen LogP contribution < -0.4 is 5.48 Å². The number of rotatable bonds is 4. The minimum Gasteiger partial charge on any atom is -0.275 e. The second-order valence-electron chi connectivity index (χ2n) is 2.70. The van der Waals surface area contributed by atoms with Gasteiger partial charge >= 0.3 is 0 Å².